The normalized spacial score (nSPS) is 36.9. The lowest BCUT2D eigenvalue weighted by atomic mass is 9.78. The van der Waals surface area contributed by atoms with Crippen LogP contribution in [0.4, 0.5) is 0 Å². The van der Waals surface area contributed by atoms with Crippen LogP contribution in [0.1, 0.15) is 51.4 Å². The van der Waals surface area contributed by atoms with Crippen molar-refractivity contribution in [1.29, 1.82) is 0 Å². The Morgan fingerprint density at radius 1 is 0.684 bits per heavy atom. The molecule has 0 spiro atoms. The molecule has 9 nitrogen and oxygen atoms in total. The fraction of sp³-hybridized carbons (Fsp3) is 1.00. The third-order valence-electron chi connectivity index (χ3n) is 10.0. The van der Waals surface area contributed by atoms with E-state index in [2.05, 4.69) is 30.7 Å². The summed E-state index contributed by atoms with van der Waals surface area (Å²) in [7, 11) is 1.86. The zero-order valence-electron chi connectivity index (χ0n) is 24.1. The molecule has 0 unspecified atom stereocenters. The number of hydrogen-bond donors (Lipinski definition) is 3. The third kappa shape index (κ3) is 9.08. The van der Waals surface area contributed by atoms with Gasteiger partial charge >= 0.3 is 0 Å². The Hall–Kier alpha value is -0.360. The smallest absolute Gasteiger partial charge is 0.112 e. The summed E-state index contributed by atoms with van der Waals surface area (Å²) in [6.45, 7) is 15.4. The Morgan fingerprint density at radius 3 is 1.89 bits per heavy atom. The summed E-state index contributed by atoms with van der Waals surface area (Å²) in [4.78, 5) is 7.76. The van der Waals surface area contributed by atoms with E-state index in [1.54, 1.807) is 0 Å². The molecule has 0 radical (unpaired) electrons. The third-order valence-corrected chi connectivity index (χ3v) is 10.0. The number of nitrogens with one attached hydrogen (secondary N) is 3. The number of piperazine rings is 1. The molecule has 220 valence electrons. The molecule has 9 heteroatoms. The Balaban J connectivity index is 0.872. The van der Waals surface area contributed by atoms with Gasteiger partial charge in [0.1, 0.15) is 6.29 Å². The van der Waals surface area contributed by atoms with Crippen LogP contribution >= 0.6 is 0 Å². The van der Waals surface area contributed by atoms with Crippen molar-refractivity contribution < 1.29 is 14.2 Å². The lowest BCUT2D eigenvalue weighted by Gasteiger charge is -2.40. The van der Waals surface area contributed by atoms with Crippen molar-refractivity contribution in [3.8, 4) is 0 Å². The van der Waals surface area contributed by atoms with Crippen molar-refractivity contribution in [2.45, 2.75) is 75.9 Å². The van der Waals surface area contributed by atoms with Crippen LogP contribution in [-0.4, -0.2) is 138 Å². The highest BCUT2D eigenvalue weighted by Gasteiger charge is 2.32. The number of ether oxygens (including phenoxy) is 3. The lowest BCUT2D eigenvalue weighted by molar-refractivity contribution is 0.00116. The summed E-state index contributed by atoms with van der Waals surface area (Å²) < 4.78 is 17.4. The van der Waals surface area contributed by atoms with E-state index in [-0.39, 0.29) is 6.29 Å². The zero-order valence-corrected chi connectivity index (χ0v) is 24.1. The van der Waals surface area contributed by atoms with Gasteiger partial charge in [0, 0.05) is 85.1 Å². The number of rotatable bonds is 11. The van der Waals surface area contributed by atoms with E-state index in [0.717, 1.165) is 64.4 Å². The number of nitrogens with zero attached hydrogens (tertiary/aromatic N) is 3. The van der Waals surface area contributed by atoms with Gasteiger partial charge in [-0.15, -0.1) is 0 Å². The van der Waals surface area contributed by atoms with E-state index in [9.17, 15) is 0 Å². The predicted molar refractivity (Wildman–Crippen MR) is 151 cm³/mol. The first-order valence-corrected chi connectivity index (χ1v) is 15.9. The fourth-order valence-corrected chi connectivity index (χ4v) is 7.25. The molecule has 5 rings (SSSR count). The predicted octanol–water partition coefficient (Wildman–Crippen LogP) is 1.15. The first-order valence-electron chi connectivity index (χ1n) is 15.9. The molecule has 2 aliphatic carbocycles. The van der Waals surface area contributed by atoms with Crippen molar-refractivity contribution in [2.75, 3.05) is 98.9 Å². The molecule has 0 aromatic heterocycles. The monoisotopic (exact) mass is 536 g/mol. The maximum atomic E-state index is 6.33. The van der Waals surface area contributed by atoms with Gasteiger partial charge < -0.3 is 14.2 Å². The molecule has 3 N–H and O–H groups in total. The average molecular weight is 537 g/mol. The van der Waals surface area contributed by atoms with Crippen LogP contribution < -0.4 is 16.0 Å². The topological polar surface area (TPSA) is 73.5 Å². The quantitative estimate of drug-likeness (QED) is 0.361. The molecule has 5 fully saturated rings. The summed E-state index contributed by atoms with van der Waals surface area (Å²) >= 11 is 0. The Kier molecular flexibility index (Phi) is 12.0. The van der Waals surface area contributed by atoms with Crippen LogP contribution in [0.5, 0.6) is 0 Å². The number of methoxy groups -OCH3 is 1. The van der Waals surface area contributed by atoms with Crippen LogP contribution in [0.15, 0.2) is 0 Å². The van der Waals surface area contributed by atoms with E-state index in [4.69, 9.17) is 14.2 Å². The Morgan fingerprint density at radius 2 is 1.26 bits per heavy atom. The maximum absolute atomic E-state index is 6.33. The van der Waals surface area contributed by atoms with Gasteiger partial charge in [-0.2, -0.15) is 0 Å². The first kappa shape index (κ1) is 29.1. The van der Waals surface area contributed by atoms with E-state index < -0.39 is 0 Å². The first-order chi connectivity index (χ1) is 18.7. The minimum absolute atomic E-state index is 0.261. The highest BCUT2D eigenvalue weighted by atomic mass is 16.5. The van der Waals surface area contributed by atoms with E-state index in [1.165, 1.54) is 90.6 Å². The molecule has 0 atom stereocenters. The van der Waals surface area contributed by atoms with Gasteiger partial charge in [-0.25, -0.2) is 0 Å². The standard InChI is InChI=1S/C29H56N6O3/c1-36-27-6-2-24(3-7-27)25-22-30-29(31-23-25)32-26-4-8-28(9-5-26)38-21-18-34-13-10-33(11-14-34)12-15-35-16-19-37-20-17-35/h24-32H,2-23H2,1H3. The van der Waals surface area contributed by atoms with Crippen molar-refractivity contribution in [1.82, 2.24) is 30.7 Å². The maximum Gasteiger partial charge on any atom is 0.112 e. The zero-order chi connectivity index (χ0) is 26.0. The molecule has 0 aromatic carbocycles. The van der Waals surface area contributed by atoms with Crippen molar-refractivity contribution in [2.24, 2.45) is 11.8 Å². The van der Waals surface area contributed by atoms with Gasteiger partial charge in [-0.05, 0) is 63.2 Å². The van der Waals surface area contributed by atoms with E-state index in [0.29, 0.717) is 18.2 Å². The Labute approximate surface area is 231 Å². The molecule has 0 aromatic rings. The van der Waals surface area contributed by atoms with Gasteiger partial charge in [0.2, 0.25) is 0 Å². The summed E-state index contributed by atoms with van der Waals surface area (Å²) in [6.07, 6.45) is 11.1. The Bertz CT molecular complexity index is 636. The second-order valence-corrected chi connectivity index (χ2v) is 12.4. The molecule has 38 heavy (non-hydrogen) atoms. The van der Waals surface area contributed by atoms with Crippen LogP contribution in [0.3, 0.4) is 0 Å². The fourth-order valence-electron chi connectivity index (χ4n) is 7.25. The summed E-state index contributed by atoms with van der Waals surface area (Å²) in [5.74, 6) is 1.60. The van der Waals surface area contributed by atoms with E-state index >= 15 is 0 Å². The van der Waals surface area contributed by atoms with Crippen molar-refractivity contribution in [3.63, 3.8) is 0 Å². The summed E-state index contributed by atoms with van der Waals surface area (Å²) in [5, 5.41) is 11.3. The van der Waals surface area contributed by atoms with Crippen LogP contribution in [0.2, 0.25) is 0 Å². The molecule has 0 bridgehead atoms. The highest BCUT2D eigenvalue weighted by molar-refractivity contribution is 4.87. The summed E-state index contributed by atoms with van der Waals surface area (Å²) in [5.41, 5.74) is 0. The van der Waals surface area contributed by atoms with Gasteiger partial charge in [-0.1, -0.05) is 0 Å². The average Bonchev–Trinajstić information content (AvgIpc) is 2.99. The molecular formula is C29H56N6O3. The largest absolute Gasteiger partial charge is 0.381 e. The van der Waals surface area contributed by atoms with Gasteiger partial charge in [0.25, 0.3) is 0 Å². The minimum atomic E-state index is 0.261. The van der Waals surface area contributed by atoms with Gasteiger partial charge in [0.15, 0.2) is 0 Å². The van der Waals surface area contributed by atoms with E-state index in [1.807, 2.05) is 7.11 Å². The second kappa shape index (κ2) is 15.6. The van der Waals surface area contributed by atoms with Crippen LogP contribution in [-0.2, 0) is 14.2 Å². The summed E-state index contributed by atoms with van der Waals surface area (Å²) in [6, 6.07) is 0.596. The van der Waals surface area contributed by atoms with Crippen molar-refractivity contribution in [3.05, 3.63) is 0 Å². The molecule has 3 saturated heterocycles. The van der Waals surface area contributed by atoms with Crippen molar-refractivity contribution >= 4 is 0 Å². The molecule has 3 heterocycles. The molecule has 2 saturated carbocycles. The second-order valence-electron chi connectivity index (χ2n) is 12.4. The SMILES string of the molecule is COC1CCC(C2CNC(NC3CCC(OCCN4CCN(CCN5CCOCC5)CC4)CC3)NC2)CC1. The highest BCUT2D eigenvalue weighted by Crippen LogP contribution is 2.32. The molecule has 3 aliphatic heterocycles. The van der Waals surface area contributed by atoms with Gasteiger partial charge in [0.05, 0.1) is 32.0 Å². The molecule has 0 amide bonds. The molecular weight excluding hydrogens is 480 g/mol. The van der Waals surface area contributed by atoms with Gasteiger partial charge in [-0.3, -0.25) is 30.7 Å². The number of hydrogen-bond acceptors (Lipinski definition) is 9. The number of morpholine rings is 1. The van der Waals surface area contributed by atoms with Crippen LogP contribution in [0, 0.1) is 11.8 Å². The minimum Gasteiger partial charge on any atom is -0.381 e. The lowest BCUT2D eigenvalue weighted by Crippen LogP contribution is -2.63. The molecule has 5 aliphatic rings. The van der Waals surface area contributed by atoms with Crippen LogP contribution in [0.25, 0.3) is 0 Å².